The molecule has 2 aliphatic rings. The van der Waals surface area contributed by atoms with Crippen LogP contribution in [0.25, 0.3) is 0 Å². The second-order valence-corrected chi connectivity index (χ2v) is 10.1. The zero-order chi connectivity index (χ0) is 25.0. The number of carbonyl (C=O) groups excluding carboxylic acids is 4. The van der Waals surface area contributed by atoms with E-state index in [0.717, 1.165) is 18.7 Å². The van der Waals surface area contributed by atoms with Gasteiger partial charge in [0.1, 0.15) is 29.3 Å². The number of primary amides is 1. The highest BCUT2D eigenvalue weighted by Gasteiger charge is 2.36. The fourth-order valence-electron chi connectivity index (χ4n) is 4.36. The molecule has 0 radical (unpaired) electrons. The highest BCUT2D eigenvalue weighted by molar-refractivity contribution is 6.01. The summed E-state index contributed by atoms with van der Waals surface area (Å²) in [6.45, 7) is 9.71. The van der Waals surface area contributed by atoms with Gasteiger partial charge in [-0.05, 0) is 57.9 Å². The van der Waals surface area contributed by atoms with Gasteiger partial charge < -0.3 is 20.1 Å². The number of nitrogens with zero attached hydrogens (tertiary/aromatic N) is 2. The number of fused-ring (bicyclic) bond motifs is 1. The van der Waals surface area contributed by atoms with Gasteiger partial charge >= 0.3 is 5.97 Å². The number of benzene rings is 1. The molecular formula is C25H35N3O6. The Morgan fingerprint density at radius 3 is 2.44 bits per heavy atom. The lowest BCUT2D eigenvalue weighted by Gasteiger charge is -2.28. The van der Waals surface area contributed by atoms with E-state index in [2.05, 4.69) is 4.90 Å². The third kappa shape index (κ3) is 6.79. The smallest absolute Gasteiger partial charge is 0.306 e. The number of nitrogens with two attached hydrogens (primary N) is 1. The molecule has 2 amide bonds. The summed E-state index contributed by atoms with van der Waals surface area (Å²) in [5, 5.41) is 0. The molecule has 0 bridgehead atoms. The van der Waals surface area contributed by atoms with Crippen molar-refractivity contribution in [3.63, 3.8) is 0 Å². The topological polar surface area (TPSA) is 119 Å². The summed E-state index contributed by atoms with van der Waals surface area (Å²) in [4.78, 5) is 52.2. The monoisotopic (exact) mass is 473 g/mol. The number of esters is 1. The second-order valence-electron chi connectivity index (χ2n) is 10.1. The van der Waals surface area contributed by atoms with Crippen LogP contribution in [-0.2, 0) is 25.7 Å². The van der Waals surface area contributed by atoms with Crippen molar-refractivity contribution in [1.29, 1.82) is 0 Å². The maximum atomic E-state index is 13.0. The SMILES string of the molecule is CC(CN1CCC(=O)CC1)Oc1ccc2c(c1)CN([C@H](CCC(=O)OC(C)(C)C)C(N)=O)C2=O. The second kappa shape index (κ2) is 10.5. The molecule has 0 aromatic heterocycles. The minimum Gasteiger partial charge on any atom is -0.489 e. The highest BCUT2D eigenvalue weighted by Crippen LogP contribution is 2.30. The third-order valence-corrected chi connectivity index (χ3v) is 5.92. The molecule has 2 N–H and O–H groups in total. The van der Waals surface area contributed by atoms with Gasteiger partial charge in [0.15, 0.2) is 0 Å². The number of carbonyl (C=O) groups is 4. The maximum absolute atomic E-state index is 13.0. The quantitative estimate of drug-likeness (QED) is 0.545. The van der Waals surface area contributed by atoms with E-state index in [1.54, 1.807) is 32.9 Å². The average Bonchev–Trinajstić information content (AvgIpc) is 3.04. The van der Waals surface area contributed by atoms with Crippen molar-refractivity contribution in [3.8, 4) is 5.75 Å². The molecule has 1 fully saturated rings. The third-order valence-electron chi connectivity index (χ3n) is 5.92. The Morgan fingerprint density at radius 2 is 1.82 bits per heavy atom. The van der Waals surface area contributed by atoms with E-state index < -0.39 is 23.5 Å². The Labute approximate surface area is 200 Å². The maximum Gasteiger partial charge on any atom is 0.306 e. The average molecular weight is 474 g/mol. The van der Waals surface area contributed by atoms with E-state index in [4.69, 9.17) is 15.2 Å². The van der Waals surface area contributed by atoms with Crippen LogP contribution in [0.5, 0.6) is 5.75 Å². The van der Waals surface area contributed by atoms with Crippen molar-refractivity contribution in [1.82, 2.24) is 9.80 Å². The highest BCUT2D eigenvalue weighted by atomic mass is 16.6. The number of hydrogen-bond acceptors (Lipinski definition) is 7. The number of Topliss-reactive ketones (excluding diaryl/α,β-unsaturated/α-hetero) is 1. The predicted molar refractivity (Wildman–Crippen MR) is 125 cm³/mol. The van der Waals surface area contributed by atoms with Crippen LogP contribution in [0.15, 0.2) is 18.2 Å². The summed E-state index contributed by atoms with van der Waals surface area (Å²) in [5.41, 5.74) is 6.21. The van der Waals surface area contributed by atoms with Crippen molar-refractivity contribution in [2.75, 3.05) is 19.6 Å². The van der Waals surface area contributed by atoms with E-state index >= 15 is 0 Å². The number of amides is 2. The van der Waals surface area contributed by atoms with Crippen LogP contribution in [-0.4, -0.2) is 70.7 Å². The molecule has 1 aromatic rings. The molecule has 9 heteroatoms. The fourth-order valence-corrected chi connectivity index (χ4v) is 4.36. The Bertz CT molecular complexity index is 944. The summed E-state index contributed by atoms with van der Waals surface area (Å²) in [7, 11) is 0. The van der Waals surface area contributed by atoms with E-state index in [1.807, 2.05) is 13.0 Å². The summed E-state index contributed by atoms with van der Waals surface area (Å²) in [6, 6.07) is 4.36. The zero-order valence-electron chi connectivity index (χ0n) is 20.5. The zero-order valence-corrected chi connectivity index (χ0v) is 20.5. The van der Waals surface area contributed by atoms with E-state index in [9.17, 15) is 19.2 Å². The molecule has 2 atom stereocenters. The Kier molecular flexibility index (Phi) is 7.97. The Morgan fingerprint density at radius 1 is 1.15 bits per heavy atom. The molecule has 0 saturated carbocycles. The van der Waals surface area contributed by atoms with Crippen LogP contribution in [0, 0.1) is 0 Å². The Balaban J connectivity index is 1.61. The van der Waals surface area contributed by atoms with E-state index in [0.29, 0.717) is 36.5 Å². The van der Waals surface area contributed by atoms with Crippen molar-refractivity contribution in [2.24, 2.45) is 5.73 Å². The van der Waals surface area contributed by atoms with Gasteiger partial charge in [0.25, 0.3) is 5.91 Å². The lowest BCUT2D eigenvalue weighted by molar-refractivity contribution is -0.155. The summed E-state index contributed by atoms with van der Waals surface area (Å²) >= 11 is 0. The van der Waals surface area contributed by atoms with Crippen molar-refractivity contribution in [3.05, 3.63) is 29.3 Å². The van der Waals surface area contributed by atoms with Gasteiger partial charge in [0.05, 0.1) is 0 Å². The van der Waals surface area contributed by atoms with Crippen molar-refractivity contribution in [2.45, 2.75) is 77.7 Å². The van der Waals surface area contributed by atoms with Gasteiger partial charge in [-0.2, -0.15) is 0 Å². The first-order valence-corrected chi connectivity index (χ1v) is 11.8. The first-order valence-electron chi connectivity index (χ1n) is 11.8. The number of piperidine rings is 1. The minimum atomic E-state index is -0.905. The van der Waals surface area contributed by atoms with Crippen LogP contribution >= 0.6 is 0 Å². The molecule has 1 unspecified atom stereocenters. The standard InChI is InChI=1S/C25H35N3O6/c1-16(14-27-11-9-18(29)10-12-27)33-19-5-6-20-17(13-19)15-28(24(20)32)21(23(26)31)7-8-22(30)34-25(2,3)4/h5-6,13,16,21H,7-12,14-15H2,1-4H3,(H2,26,31)/t16?,21-/m1/s1. The predicted octanol–water partition coefficient (Wildman–Crippen LogP) is 2.05. The first kappa shape index (κ1) is 25.7. The molecule has 2 aliphatic heterocycles. The van der Waals surface area contributed by atoms with Gasteiger partial charge in [0.2, 0.25) is 5.91 Å². The lowest BCUT2D eigenvalue weighted by atomic mass is 10.1. The normalized spacial score (nSPS) is 18.4. The largest absolute Gasteiger partial charge is 0.489 e. The molecule has 1 aromatic carbocycles. The molecular weight excluding hydrogens is 438 g/mol. The molecule has 0 spiro atoms. The summed E-state index contributed by atoms with van der Waals surface area (Å²) in [6.07, 6.45) is 1.16. The minimum absolute atomic E-state index is 0.0149. The van der Waals surface area contributed by atoms with Gasteiger partial charge in [-0.15, -0.1) is 0 Å². The van der Waals surface area contributed by atoms with Gasteiger partial charge in [-0.1, -0.05) is 0 Å². The molecule has 3 rings (SSSR count). The molecule has 34 heavy (non-hydrogen) atoms. The number of hydrogen-bond donors (Lipinski definition) is 1. The molecule has 1 saturated heterocycles. The fraction of sp³-hybridized carbons (Fsp3) is 0.600. The van der Waals surface area contributed by atoms with E-state index in [-0.39, 0.29) is 31.4 Å². The van der Waals surface area contributed by atoms with Crippen molar-refractivity contribution < 1.29 is 28.7 Å². The van der Waals surface area contributed by atoms with E-state index in [1.165, 1.54) is 4.90 Å². The van der Waals surface area contributed by atoms with Crippen LogP contribution in [0.3, 0.4) is 0 Å². The molecule has 9 nitrogen and oxygen atoms in total. The van der Waals surface area contributed by atoms with Crippen LogP contribution in [0.2, 0.25) is 0 Å². The summed E-state index contributed by atoms with van der Waals surface area (Å²) in [5.74, 6) is -0.447. The summed E-state index contributed by atoms with van der Waals surface area (Å²) < 4.78 is 11.4. The van der Waals surface area contributed by atoms with Gasteiger partial charge in [-0.3, -0.25) is 24.1 Å². The number of likely N-dealkylation sites (tertiary alicyclic amines) is 1. The van der Waals surface area contributed by atoms with Gasteiger partial charge in [0, 0.05) is 51.0 Å². The van der Waals surface area contributed by atoms with Crippen LogP contribution in [0.1, 0.15) is 69.3 Å². The lowest BCUT2D eigenvalue weighted by Crippen LogP contribution is -2.45. The van der Waals surface area contributed by atoms with Crippen LogP contribution in [0.4, 0.5) is 0 Å². The number of ketones is 1. The number of rotatable bonds is 9. The molecule has 186 valence electrons. The van der Waals surface area contributed by atoms with Crippen LogP contribution < -0.4 is 10.5 Å². The molecule has 0 aliphatic carbocycles. The number of ether oxygens (including phenoxy) is 2. The first-order chi connectivity index (χ1) is 15.9. The van der Waals surface area contributed by atoms with Crippen molar-refractivity contribution >= 4 is 23.6 Å². The van der Waals surface area contributed by atoms with Gasteiger partial charge in [-0.25, -0.2) is 0 Å². The Hall–Kier alpha value is -2.94. The molecule has 2 heterocycles.